The highest BCUT2D eigenvalue weighted by atomic mass is 32.1. The van der Waals surface area contributed by atoms with Crippen molar-refractivity contribution in [2.24, 2.45) is 0 Å². The summed E-state index contributed by atoms with van der Waals surface area (Å²) in [6.45, 7) is 1.57. The van der Waals surface area contributed by atoms with Gasteiger partial charge in [-0.05, 0) is 12.5 Å². The number of alkyl halides is 3. The fourth-order valence-electron chi connectivity index (χ4n) is 1.43. The molecule has 1 heterocycles. The summed E-state index contributed by atoms with van der Waals surface area (Å²) in [5.74, 6) is -4.03. The summed E-state index contributed by atoms with van der Waals surface area (Å²) >= 11 is 0.863. The number of hydrogen-bond donors (Lipinski definition) is 3. The van der Waals surface area contributed by atoms with Gasteiger partial charge in [0.25, 0.3) is 5.91 Å². The van der Waals surface area contributed by atoms with Crippen LogP contribution < -0.4 is 10.6 Å². The number of aliphatic carboxylic acids is 1. The first-order valence-corrected chi connectivity index (χ1v) is 6.97. The van der Waals surface area contributed by atoms with E-state index in [0.29, 0.717) is 11.3 Å². The van der Waals surface area contributed by atoms with E-state index in [0.717, 1.165) is 11.3 Å². The largest absolute Gasteiger partial charge is 0.481 e. The molecule has 0 aromatic carbocycles. The van der Waals surface area contributed by atoms with Crippen molar-refractivity contribution in [3.8, 4) is 0 Å². The Kier molecular flexibility index (Phi) is 5.92. The molecule has 0 atom stereocenters. The topological polar surface area (TPSA) is 95.5 Å². The molecule has 0 aliphatic carbocycles. The average Bonchev–Trinajstić information content (AvgIpc) is 2.80. The van der Waals surface area contributed by atoms with Crippen molar-refractivity contribution >= 4 is 34.1 Å². The predicted molar refractivity (Wildman–Crippen MR) is 73.0 cm³/mol. The summed E-state index contributed by atoms with van der Waals surface area (Å²) in [7, 11) is 0. The van der Waals surface area contributed by atoms with Crippen LogP contribution in [0.3, 0.4) is 0 Å². The smallest absolute Gasteiger partial charge is 0.471 e. The normalized spacial score (nSPS) is 11.1. The number of thiophene rings is 1. The Morgan fingerprint density at radius 1 is 1.32 bits per heavy atom. The highest BCUT2D eigenvalue weighted by Crippen LogP contribution is 2.30. The minimum absolute atomic E-state index is 0.121. The second kappa shape index (κ2) is 7.25. The fourth-order valence-corrected chi connectivity index (χ4v) is 2.42. The zero-order valence-electron chi connectivity index (χ0n) is 11.4. The molecule has 0 radical (unpaired) electrons. The molecule has 1 aromatic rings. The van der Waals surface area contributed by atoms with Crippen LogP contribution in [0.2, 0.25) is 0 Å². The zero-order valence-corrected chi connectivity index (χ0v) is 12.2. The van der Waals surface area contributed by atoms with E-state index in [1.54, 1.807) is 12.2 Å². The van der Waals surface area contributed by atoms with Crippen LogP contribution in [0.1, 0.15) is 28.6 Å². The molecule has 0 unspecified atom stereocenters. The van der Waals surface area contributed by atoms with Crippen LogP contribution in [-0.2, 0) is 16.0 Å². The van der Waals surface area contributed by atoms with Gasteiger partial charge in [0.15, 0.2) is 0 Å². The SMILES string of the molecule is CCc1cc(C(=O)NCCC(=O)O)c(NC(=O)C(F)(F)F)s1. The quantitative estimate of drug-likeness (QED) is 0.739. The predicted octanol–water partition coefficient (Wildman–Crippen LogP) is 2.02. The number of anilines is 1. The Balaban J connectivity index is 2.89. The lowest BCUT2D eigenvalue weighted by atomic mass is 10.2. The van der Waals surface area contributed by atoms with Gasteiger partial charge in [-0.25, -0.2) is 0 Å². The van der Waals surface area contributed by atoms with Gasteiger partial charge < -0.3 is 15.7 Å². The minimum Gasteiger partial charge on any atom is -0.481 e. The molecule has 22 heavy (non-hydrogen) atoms. The molecule has 0 saturated carbocycles. The van der Waals surface area contributed by atoms with Gasteiger partial charge in [0.1, 0.15) is 5.00 Å². The Hall–Kier alpha value is -2.10. The number of aryl methyl sites for hydroxylation is 1. The zero-order chi connectivity index (χ0) is 16.9. The van der Waals surface area contributed by atoms with Crippen molar-refractivity contribution in [1.82, 2.24) is 5.32 Å². The van der Waals surface area contributed by atoms with Gasteiger partial charge in [0, 0.05) is 11.4 Å². The molecule has 0 spiro atoms. The molecule has 0 bridgehead atoms. The third-order valence-electron chi connectivity index (χ3n) is 2.49. The van der Waals surface area contributed by atoms with Crippen molar-refractivity contribution in [3.05, 3.63) is 16.5 Å². The molecule has 0 aliphatic rings. The van der Waals surface area contributed by atoms with Crippen LogP contribution in [-0.4, -0.2) is 35.6 Å². The van der Waals surface area contributed by atoms with Gasteiger partial charge in [-0.2, -0.15) is 13.2 Å². The summed E-state index contributed by atoms with van der Waals surface area (Å²) in [6.07, 6.45) is -4.91. The monoisotopic (exact) mass is 338 g/mol. The third-order valence-corrected chi connectivity index (χ3v) is 3.68. The second-order valence-electron chi connectivity index (χ2n) is 4.16. The van der Waals surface area contributed by atoms with E-state index in [2.05, 4.69) is 5.32 Å². The highest BCUT2D eigenvalue weighted by Gasteiger charge is 2.39. The number of carboxylic acids is 1. The van der Waals surface area contributed by atoms with Crippen molar-refractivity contribution in [2.45, 2.75) is 25.9 Å². The Morgan fingerprint density at radius 3 is 2.45 bits per heavy atom. The van der Waals surface area contributed by atoms with Crippen LogP contribution in [0.15, 0.2) is 6.07 Å². The second-order valence-corrected chi connectivity index (χ2v) is 5.30. The highest BCUT2D eigenvalue weighted by molar-refractivity contribution is 7.16. The van der Waals surface area contributed by atoms with Gasteiger partial charge in [-0.3, -0.25) is 14.4 Å². The van der Waals surface area contributed by atoms with Crippen LogP contribution in [0.25, 0.3) is 0 Å². The number of rotatable bonds is 6. The number of carbonyl (C=O) groups excluding carboxylic acids is 2. The lowest BCUT2D eigenvalue weighted by Crippen LogP contribution is -2.31. The van der Waals surface area contributed by atoms with Gasteiger partial charge in [-0.15, -0.1) is 11.3 Å². The molecule has 0 fully saturated rings. The maximum absolute atomic E-state index is 12.3. The summed E-state index contributed by atoms with van der Waals surface area (Å²) in [5, 5.41) is 12.2. The number of carboxylic acid groups (broad SMARTS) is 1. The first-order chi connectivity index (χ1) is 10.1. The van der Waals surface area contributed by atoms with Crippen LogP contribution in [0.4, 0.5) is 18.2 Å². The molecule has 1 aromatic heterocycles. The third kappa shape index (κ3) is 5.02. The summed E-state index contributed by atoms with van der Waals surface area (Å²) in [4.78, 5) is 33.8. The van der Waals surface area contributed by atoms with Gasteiger partial charge in [0.2, 0.25) is 0 Å². The van der Waals surface area contributed by atoms with Gasteiger partial charge >= 0.3 is 18.1 Å². The van der Waals surface area contributed by atoms with Crippen LogP contribution in [0.5, 0.6) is 0 Å². The molecule has 0 aliphatic heterocycles. The van der Waals surface area contributed by atoms with E-state index in [9.17, 15) is 27.6 Å². The maximum Gasteiger partial charge on any atom is 0.471 e. The summed E-state index contributed by atoms with van der Waals surface area (Å²) in [6, 6.07) is 1.37. The molecule has 0 saturated heterocycles. The molecule has 122 valence electrons. The van der Waals surface area contributed by atoms with Crippen molar-refractivity contribution in [1.29, 1.82) is 0 Å². The van der Waals surface area contributed by atoms with E-state index >= 15 is 0 Å². The average molecular weight is 338 g/mol. The Morgan fingerprint density at radius 2 is 1.95 bits per heavy atom. The van der Waals surface area contributed by atoms with Crippen molar-refractivity contribution < 1.29 is 32.7 Å². The van der Waals surface area contributed by atoms with Crippen molar-refractivity contribution in [3.63, 3.8) is 0 Å². The first kappa shape index (κ1) is 18.0. The fraction of sp³-hybridized carbons (Fsp3) is 0.417. The van der Waals surface area contributed by atoms with E-state index < -0.39 is 24.0 Å². The van der Waals surface area contributed by atoms with Gasteiger partial charge in [0.05, 0.1) is 12.0 Å². The molecule has 6 nitrogen and oxygen atoms in total. The van der Waals surface area contributed by atoms with E-state index in [1.165, 1.54) is 6.07 Å². The van der Waals surface area contributed by atoms with E-state index in [-0.39, 0.29) is 23.5 Å². The lowest BCUT2D eigenvalue weighted by Gasteiger charge is -2.08. The summed E-state index contributed by atoms with van der Waals surface area (Å²) in [5.41, 5.74) is -0.121. The molecular formula is C12H13F3N2O4S. The van der Waals surface area contributed by atoms with Gasteiger partial charge in [-0.1, -0.05) is 6.92 Å². The standard InChI is InChI=1S/C12H13F3N2O4S/c1-2-6-5-7(9(20)16-4-3-8(18)19)10(22-6)17-11(21)12(13,14)15/h5H,2-4H2,1H3,(H,16,20)(H,17,21)(H,18,19). The Labute approximate surface area is 127 Å². The van der Waals surface area contributed by atoms with Crippen LogP contribution in [0, 0.1) is 0 Å². The molecule has 3 N–H and O–H groups in total. The number of halogens is 3. The molecule has 1 rings (SSSR count). The van der Waals surface area contributed by atoms with E-state index in [1.807, 2.05) is 0 Å². The summed E-state index contributed by atoms with van der Waals surface area (Å²) < 4.78 is 36.8. The maximum atomic E-state index is 12.3. The Bertz CT molecular complexity index is 583. The number of amides is 2. The van der Waals surface area contributed by atoms with Crippen LogP contribution >= 0.6 is 11.3 Å². The lowest BCUT2D eigenvalue weighted by molar-refractivity contribution is -0.167. The molecular weight excluding hydrogens is 325 g/mol. The van der Waals surface area contributed by atoms with Crippen molar-refractivity contribution in [2.75, 3.05) is 11.9 Å². The molecule has 10 heteroatoms. The van der Waals surface area contributed by atoms with E-state index in [4.69, 9.17) is 5.11 Å². The first-order valence-electron chi connectivity index (χ1n) is 6.16. The number of hydrogen-bond acceptors (Lipinski definition) is 4. The number of carbonyl (C=O) groups is 3. The number of nitrogens with one attached hydrogen (secondary N) is 2. The molecule has 2 amide bonds. The minimum atomic E-state index is -5.06.